The quantitative estimate of drug-likeness (QED) is 0.632. The van der Waals surface area contributed by atoms with E-state index in [1.165, 1.54) is 0 Å². The Bertz CT molecular complexity index is 254. The molecule has 0 bridgehead atoms. The number of nitrogens with zero attached hydrogens (tertiary/aromatic N) is 2. The highest BCUT2D eigenvalue weighted by molar-refractivity contribution is 5.21. The first-order valence-electron chi connectivity index (χ1n) is 4.32. The van der Waals surface area contributed by atoms with Crippen molar-refractivity contribution >= 4 is 5.95 Å². The van der Waals surface area contributed by atoms with Gasteiger partial charge in [0, 0.05) is 13.1 Å². The van der Waals surface area contributed by atoms with Crippen LogP contribution in [0.25, 0.3) is 0 Å². The van der Waals surface area contributed by atoms with Crippen LogP contribution in [0.5, 0.6) is 0 Å². The molecule has 0 aliphatic carbocycles. The van der Waals surface area contributed by atoms with Crippen LogP contribution >= 0.6 is 0 Å². The van der Waals surface area contributed by atoms with Crippen molar-refractivity contribution in [2.24, 2.45) is 5.73 Å². The van der Waals surface area contributed by atoms with Gasteiger partial charge in [0.25, 0.3) is 0 Å². The SMILES string of the molecule is NCCOCCNc1ncc(F)cn1. The fourth-order valence-electron chi connectivity index (χ4n) is 0.824. The molecule has 0 aliphatic rings. The first-order valence-corrected chi connectivity index (χ1v) is 4.32. The summed E-state index contributed by atoms with van der Waals surface area (Å²) in [5.74, 6) is -0.0577. The Kier molecular flexibility index (Phi) is 4.81. The predicted octanol–water partition coefficient (Wildman–Crippen LogP) is 0.00290. The van der Waals surface area contributed by atoms with Crippen LogP contribution < -0.4 is 11.1 Å². The summed E-state index contributed by atoms with van der Waals surface area (Å²) in [6, 6.07) is 0. The van der Waals surface area contributed by atoms with Crippen LogP contribution in [0.3, 0.4) is 0 Å². The fourth-order valence-corrected chi connectivity index (χ4v) is 0.824. The molecule has 0 saturated carbocycles. The minimum Gasteiger partial charge on any atom is -0.378 e. The van der Waals surface area contributed by atoms with Crippen LogP contribution in [0.4, 0.5) is 10.3 Å². The van der Waals surface area contributed by atoms with Gasteiger partial charge in [-0.05, 0) is 0 Å². The largest absolute Gasteiger partial charge is 0.378 e. The van der Waals surface area contributed by atoms with E-state index in [1.54, 1.807) is 0 Å². The number of rotatable bonds is 6. The Morgan fingerprint density at radius 2 is 2.07 bits per heavy atom. The second kappa shape index (κ2) is 6.22. The van der Waals surface area contributed by atoms with E-state index in [-0.39, 0.29) is 0 Å². The summed E-state index contributed by atoms with van der Waals surface area (Å²) < 4.78 is 17.5. The molecule has 0 radical (unpaired) electrons. The van der Waals surface area contributed by atoms with E-state index in [9.17, 15) is 4.39 Å². The Hall–Kier alpha value is -1.27. The third-order valence-corrected chi connectivity index (χ3v) is 1.41. The van der Waals surface area contributed by atoms with Crippen molar-refractivity contribution in [2.75, 3.05) is 31.6 Å². The van der Waals surface area contributed by atoms with E-state index >= 15 is 0 Å². The molecule has 0 saturated heterocycles. The third kappa shape index (κ3) is 4.11. The van der Waals surface area contributed by atoms with Crippen molar-refractivity contribution in [3.63, 3.8) is 0 Å². The first kappa shape index (κ1) is 10.8. The van der Waals surface area contributed by atoms with Gasteiger partial charge in [0.1, 0.15) is 0 Å². The van der Waals surface area contributed by atoms with Crippen molar-refractivity contribution in [1.29, 1.82) is 0 Å². The molecule has 78 valence electrons. The summed E-state index contributed by atoms with van der Waals surface area (Å²) in [4.78, 5) is 7.44. The van der Waals surface area contributed by atoms with Crippen molar-refractivity contribution < 1.29 is 9.13 Å². The lowest BCUT2D eigenvalue weighted by Crippen LogP contribution is -2.15. The topological polar surface area (TPSA) is 73.1 Å². The number of nitrogens with one attached hydrogen (secondary N) is 1. The fraction of sp³-hybridized carbons (Fsp3) is 0.500. The lowest BCUT2D eigenvalue weighted by atomic mass is 10.6. The second-order valence-corrected chi connectivity index (χ2v) is 2.55. The molecule has 1 heterocycles. The minimum atomic E-state index is -0.449. The Morgan fingerprint density at radius 3 is 2.71 bits per heavy atom. The van der Waals surface area contributed by atoms with E-state index in [0.29, 0.717) is 32.3 Å². The number of ether oxygens (including phenoxy) is 1. The van der Waals surface area contributed by atoms with Gasteiger partial charge in [-0.25, -0.2) is 14.4 Å². The molecule has 1 rings (SSSR count). The zero-order chi connectivity index (χ0) is 10.2. The molecule has 0 aromatic carbocycles. The van der Waals surface area contributed by atoms with Gasteiger partial charge < -0.3 is 15.8 Å². The smallest absolute Gasteiger partial charge is 0.222 e. The van der Waals surface area contributed by atoms with Gasteiger partial charge in [0.15, 0.2) is 5.82 Å². The van der Waals surface area contributed by atoms with Gasteiger partial charge in [-0.3, -0.25) is 0 Å². The monoisotopic (exact) mass is 200 g/mol. The molecule has 1 aromatic heterocycles. The molecular formula is C8H13FN4O. The first-order chi connectivity index (χ1) is 6.83. The highest BCUT2D eigenvalue weighted by Gasteiger charge is 1.95. The van der Waals surface area contributed by atoms with Crippen molar-refractivity contribution in [1.82, 2.24) is 9.97 Å². The summed E-state index contributed by atoms with van der Waals surface area (Å²) in [5, 5.41) is 2.88. The van der Waals surface area contributed by atoms with Crippen LogP contribution in [0.1, 0.15) is 0 Å². The lowest BCUT2D eigenvalue weighted by molar-refractivity contribution is 0.151. The normalized spacial score (nSPS) is 10.1. The van der Waals surface area contributed by atoms with Crippen LogP contribution in [0.15, 0.2) is 12.4 Å². The van der Waals surface area contributed by atoms with Gasteiger partial charge in [0.2, 0.25) is 5.95 Å². The van der Waals surface area contributed by atoms with E-state index in [4.69, 9.17) is 10.5 Å². The second-order valence-electron chi connectivity index (χ2n) is 2.55. The van der Waals surface area contributed by atoms with Crippen molar-refractivity contribution in [3.05, 3.63) is 18.2 Å². The van der Waals surface area contributed by atoms with Crippen LogP contribution in [0.2, 0.25) is 0 Å². The molecule has 0 aliphatic heterocycles. The standard InChI is InChI=1S/C8H13FN4O/c9-7-5-12-8(13-6-7)11-2-4-14-3-1-10/h5-6H,1-4,10H2,(H,11,12,13). The third-order valence-electron chi connectivity index (χ3n) is 1.41. The lowest BCUT2D eigenvalue weighted by Gasteiger charge is -2.04. The Morgan fingerprint density at radius 1 is 1.36 bits per heavy atom. The maximum atomic E-state index is 12.4. The van der Waals surface area contributed by atoms with Crippen molar-refractivity contribution in [3.8, 4) is 0 Å². The molecule has 0 amide bonds. The average molecular weight is 200 g/mol. The number of aromatic nitrogens is 2. The number of nitrogens with two attached hydrogens (primary N) is 1. The maximum Gasteiger partial charge on any atom is 0.222 e. The van der Waals surface area contributed by atoms with Crippen LogP contribution in [-0.4, -0.2) is 36.3 Å². The average Bonchev–Trinajstić information content (AvgIpc) is 2.21. The van der Waals surface area contributed by atoms with E-state index < -0.39 is 5.82 Å². The number of halogens is 1. The molecule has 0 spiro atoms. The summed E-state index contributed by atoms with van der Waals surface area (Å²) >= 11 is 0. The molecule has 0 fully saturated rings. The summed E-state index contributed by atoms with van der Waals surface area (Å²) in [7, 11) is 0. The predicted molar refractivity (Wildman–Crippen MR) is 50.4 cm³/mol. The van der Waals surface area contributed by atoms with Gasteiger partial charge >= 0.3 is 0 Å². The molecular weight excluding hydrogens is 187 g/mol. The highest BCUT2D eigenvalue weighted by atomic mass is 19.1. The number of hydrogen-bond acceptors (Lipinski definition) is 5. The molecule has 0 atom stereocenters. The molecule has 6 heteroatoms. The summed E-state index contributed by atoms with van der Waals surface area (Å²) in [6.45, 7) is 2.14. The molecule has 1 aromatic rings. The van der Waals surface area contributed by atoms with Gasteiger partial charge in [-0.2, -0.15) is 0 Å². The van der Waals surface area contributed by atoms with Gasteiger partial charge in [0.05, 0.1) is 25.6 Å². The Labute approximate surface area is 81.5 Å². The van der Waals surface area contributed by atoms with Crippen molar-refractivity contribution in [2.45, 2.75) is 0 Å². The zero-order valence-electron chi connectivity index (χ0n) is 7.74. The van der Waals surface area contributed by atoms with Crippen LogP contribution in [0, 0.1) is 5.82 Å². The maximum absolute atomic E-state index is 12.4. The molecule has 0 unspecified atom stereocenters. The van der Waals surface area contributed by atoms with Crippen LogP contribution in [-0.2, 0) is 4.74 Å². The van der Waals surface area contributed by atoms with Gasteiger partial charge in [-0.1, -0.05) is 0 Å². The summed E-state index contributed by atoms with van der Waals surface area (Å²) in [6.07, 6.45) is 2.21. The zero-order valence-corrected chi connectivity index (χ0v) is 7.74. The van der Waals surface area contributed by atoms with E-state index in [2.05, 4.69) is 15.3 Å². The minimum absolute atomic E-state index is 0.391. The Balaban J connectivity index is 2.15. The van der Waals surface area contributed by atoms with E-state index in [1.807, 2.05) is 0 Å². The summed E-state index contributed by atoms with van der Waals surface area (Å²) in [5.41, 5.74) is 5.23. The molecule has 3 N–H and O–H groups in total. The molecule has 14 heavy (non-hydrogen) atoms. The van der Waals surface area contributed by atoms with E-state index in [0.717, 1.165) is 12.4 Å². The number of hydrogen-bond donors (Lipinski definition) is 2. The molecule has 5 nitrogen and oxygen atoms in total. The number of anilines is 1. The highest BCUT2D eigenvalue weighted by Crippen LogP contribution is 1.96. The van der Waals surface area contributed by atoms with Gasteiger partial charge in [-0.15, -0.1) is 0 Å².